The van der Waals surface area contributed by atoms with Crippen LogP contribution < -0.4 is 10.5 Å². The minimum Gasteiger partial charge on any atom is -0.463 e. The topological polar surface area (TPSA) is 75.2 Å². The third-order valence-electron chi connectivity index (χ3n) is 4.33. The second-order valence-corrected chi connectivity index (χ2v) is 14.2. The van der Waals surface area contributed by atoms with Crippen LogP contribution in [-0.2, 0) is 11.5 Å². The summed E-state index contributed by atoms with van der Waals surface area (Å²) < 4.78 is 13.5. The van der Waals surface area contributed by atoms with Crippen LogP contribution in [0.3, 0.4) is 0 Å². The number of rotatable bonds is 11. The molecule has 0 saturated heterocycles. The third-order valence-corrected chi connectivity index (χ3v) is 6.30. The Hall–Kier alpha value is -1.75. The summed E-state index contributed by atoms with van der Waals surface area (Å²) in [5.74, 6) is 7.34. The van der Waals surface area contributed by atoms with Crippen LogP contribution in [0.15, 0.2) is 6.20 Å². The second kappa shape index (κ2) is 11.4. The number of unbranched alkanes of at least 4 members (excludes halogenated alkanes) is 2. The van der Waals surface area contributed by atoms with Crippen LogP contribution in [0.25, 0.3) is 11.0 Å². The van der Waals surface area contributed by atoms with Gasteiger partial charge in [-0.1, -0.05) is 44.8 Å². The predicted molar refractivity (Wildman–Crippen MR) is 123 cm³/mol. The second-order valence-electron chi connectivity index (χ2n) is 8.25. The monoisotopic (exact) mass is 436 g/mol. The van der Waals surface area contributed by atoms with Gasteiger partial charge >= 0.3 is 6.01 Å². The first-order chi connectivity index (χ1) is 13.9. The Kier molecular flexibility index (Phi) is 9.28. The largest absolute Gasteiger partial charge is 0.463 e. The number of anilines is 1. The quantitative estimate of drug-likeness (QED) is 0.235. The van der Waals surface area contributed by atoms with E-state index in [-0.39, 0.29) is 0 Å². The lowest BCUT2D eigenvalue weighted by Gasteiger charge is -2.16. The Balaban J connectivity index is 2.28. The summed E-state index contributed by atoms with van der Waals surface area (Å²) in [7, 11) is -1.14. The van der Waals surface area contributed by atoms with Crippen molar-refractivity contribution < 1.29 is 9.47 Å². The molecule has 160 valence electrons. The predicted octanol–water partition coefficient (Wildman–Crippen LogP) is 4.88. The lowest BCUT2D eigenvalue weighted by atomic mass is 10.2. The van der Waals surface area contributed by atoms with Gasteiger partial charge in [0.2, 0.25) is 0 Å². The number of nitrogens with zero attached hydrogens (tertiary/aromatic N) is 3. The molecule has 0 atom stereocenters. The number of ether oxygens (including phenoxy) is 2. The van der Waals surface area contributed by atoms with Crippen LogP contribution in [0, 0.1) is 11.8 Å². The standard InChI is InChI=1S/C21H33ClN4O2Si/c1-5-6-12-28-21-24-18-17(10-8-7-9-11-22)15-26(19(18)20(23)25-21)16-27-13-14-29(2,3)4/h15H,5-7,9,11-14,16H2,1-4H3,(H2,23,24,25). The van der Waals surface area contributed by atoms with Gasteiger partial charge in [-0.2, -0.15) is 9.97 Å². The van der Waals surface area contributed by atoms with Crippen LogP contribution in [0.1, 0.15) is 38.2 Å². The van der Waals surface area contributed by atoms with Crippen LogP contribution in [0.2, 0.25) is 25.7 Å². The fourth-order valence-electron chi connectivity index (χ4n) is 2.62. The molecule has 0 saturated carbocycles. The molecular formula is C21H33ClN4O2Si. The Morgan fingerprint density at radius 1 is 1.21 bits per heavy atom. The van der Waals surface area contributed by atoms with Crippen molar-refractivity contribution in [3.8, 4) is 17.9 Å². The van der Waals surface area contributed by atoms with Crippen molar-refractivity contribution in [2.45, 2.75) is 65.0 Å². The van der Waals surface area contributed by atoms with E-state index in [0.29, 0.717) is 36.6 Å². The number of nitrogens with two attached hydrogens (primary N) is 1. The van der Waals surface area contributed by atoms with Crippen molar-refractivity contribution in [2.75, 3.05) is 24.8 Å². The molecule has 0 aromatic carbocycles. The fraction of sp³-hybridized carbons (Fsp3) is 0.619. The van der Waals surface area contributed by atoms with Gasteiger partial charge in [0.05, 0.1) is 12.2 Å². The Morgan fingerprint density at radius 3 is 2.69 bits per heavy atom. The highest BCUT2D eigenvalue weighted by atomic mass is 35.5. The third kappa shape index (κ3) is 7.54. The van der Waals surface area contributed by atoms with Crippen molar-refractivity contribution in [3.05, 3.63) is 11.8 Å². The molecule has 2 rings (SSSR count). The minimum atomic E-state index is -1.14. The molecular weight excluding hydrogens is 404 g/mol. The first-order valence-corrected chi connectivity index (χ1v) is 14.5. The maximum Gasteiger partial charge on any atom is 0.319 e. The average Bonchev–Trinajstić information content (AvgIpc) is 3.00. The van der Waals surface area contributed by atoms with Crippen molar-refractivity contribution >= 4 is 36.5 Å². The summed E-state index contributed by atoms with van der Waals surface area (Å²) in [6, 6.07) is 1.41. The first kappa shape index (κ1) is 23.5. The molecule has 0 bridgehead atoms. The van der Waals surface area contributed by atoms with E-state index in [1.54, 1.807) is 0 Å². The van der Waals surface area contributed by atoms with Gasteiger partial charge in [-0.25, -0.2) is 0 Å². The van der Waals surface area contributed by atoms with E-state index >= 15 is 0 Å². The minimum absolute atomic E-state index is 0.296. The van der Waals surface area contributed by atoms with Crippen molar-refractivity contribution in [1.29, 1.82) is 0 Å². The van der Waals surface area contributed by atoms with Gasteiger partial charge in [0.25, 0.3) is 0 Å². The van der Waals surface area contributed by atoms with Crippen LogP contribution in [0.4, 0.5) is 5.82 Å². The Labute approximate surface area is 180 Å². The number of nitrogen functional groups attached to an aromatic ring is 1. The molecule has 0 amide bonds. The van der Waals surface area contributed by atoms with E-state index in [0.717, 1.165) is 49.4 Å². The molecule has 0 fully saturated rings. The average molecular weight is 437 g/mol. The Bertz CT molecular complexity index is 852. The number of fused-ring (bicyclic) bond motifs is 1. The maximum absolute atomic E-state index is 6.26. The summed E-state index contributed by atoms with van der Waals surface area (Å²) in [4.78, 5) is 8.92. The summed E-state index contributed by atoms with van der Waals surface area (Å²) in [6.45, 7) is 10.8. The zero-order valence-corrected chi connectivity index (χ0v) is 19.8. The summed E-state index contributed by atoms with van der Waals surface area (Å²) in [5.41, 5.74) is 8.51. The summed E-state index contributed by atoms with van der Waals surface area (Å²) >= 11 is 5.75. The number of alkyl halides is 1. The molecule has 0 aliphatic rings. The molecule has 0 spiro atoms. The normalized spacial score (nSPS) is 11.5. The molecule has 8 heteroatoms. The molecule has 2 aromatic heterocycles. The fourth-order valence-corrected chi connectivity index (χ4v) is 3.51. The molecule has 2 aromatic rings. The van der Waals surface area contributed by atoms with Crippen molar-refractivity contribution in [1.82, 2.24) is 14.5 Å². The van der Waals surface area contributed by atoms with Gasteiger partial charge in [-0.15, -0.1) is 11.6 Å². The molecule has 0 unspecified atom stereocenters. The highest BCUT2D eigenvalue weighted by Crippen LogP contribution is 2.26. The van der Waals surface area contributed by atoms with E-state index in [1.165, 1.54) is 0 Å². The number of halogens is 1. The number of aromatic nitrogens is 3. The summed E-state index contributed by atoms with van der Waals surface area (Å²) in [6.07, 6.45) is 5.52. The lowest BCUT2D eigenvalue weighted by molar-refractivity contribution is 0.0902. The van der Waals surface area contributed by atoms with E-state index in [2.05, 4.69) is 48.4 Å². The number of hydrogen-bond donors (Lipinski definition) is 1. The molecule has 0 aliphatic carbocycles. The molecule has 6 nitrogen and oxygen atoms in total. The molecule has 2 N–H and O–H groups in total. The van der Waals surface area contributed by atoms with Gasteiger partial charge in [-0.3, -0.25) is 0 Å². The molecule has 0 aliphatic heterocycles. The van der Waals surface area contributed by atoms with Crippen molar-refractivity contribution in [3.63, 3.8) is 0 Å². The van der Waals surface area contributed by atoms with Gasteiger partial charge in [0, 0.05) is 33.2 Å². The van der Waals surface area contributed by atoms with Gasteiger partial charge in [0.1, 0.15) is 17.8 Å². The van der Waals surface area contributed by atoms with Crippen LogP contribution >= 0.6 is 11.6 Å². The van der Waals surface area contributed by atoms with Gasteiger partial charge in [-0.05, 0) is 18.9 Å². The van der Waals surface area contributed by atoms with Gasteiger partial charge in [0.15, 0.2) is 5.82 Å². The highest BCUT2D eigenvalue weighted by Gasteiger charge is 2.16. The maximum atomic E-state index is 6.26. The van der Waals surface area contributed by atoms with Crippen LogP contribution in [-0.4, -0.2) is 41.7 Å². The lowest BCUT2D eigenvalue weighted by Crippen LogP contribution is -2.22. The SMILES string of the molecule is CCCCOc1nc(N)c2c(n1)c(C#CCCCCl)cn2COCC[Si](C)(C)C. The smallest absolute Gasteiger partial charge is 0.319 e. The Morgan fingerprint density at radius 2 is 2.00 bits per heavy atom. The molecule has 29 heavy (non-hydrogen) atoms. The van der Waals surface area contributed by atoms with E-state index in [1.807, 2.05) is 10.8 Å². The zero-order valence-electron chi connectivity index (χ0n) is 18.1. The molecule has 0 radical (unpaired) electrons. The van der Waals surface area contributed by atoms with E-state index in [4.69, 9.17) is 26.8 Å². The number of hydrogen-bond acceptors (Lipinski definition) is 5. The van der Waals surface area contributed by atoms with Crippen molar-refractivity contribution in [2.24, 2.45) is 0 Å². The van der Waals surface area contributed by atoms with Gasteiger partial charge < -0.3 is 19.8 Å². The first-order valence-electron chi connectivity index (χ1n) is 10.3. The van der Waals surface area contributed by atoms with E-state index in [9.17, 15) is 0 Å². The summed E-state index contributed by atoms with van der Waals surface area (Å²) in [5, 5.41) is 0. The highest BCUT2D eigenvalue weighted by molar-refractivity contribution is 6.76. The van der Waals surface area contributed by atoms with Crippen LogP contribution in [0.5, 0.6) is 6.01 Å². The molecule has 2 heterocycles. The van der Waals surface area contributed by atoms with E-state index < -0.39 is 8.07 Å². The zero-order chi connectivity index (χ0) is 21.3.